The highest BCUT2D eigenvalue weighted by Crippen LogP contribution is 2.45. The van der Waals surface area contributed by atoms with Gasteiger partial charge < -0.3 is 10.1 Å². The molecule has 1 aliphatic rings. The monoisotopic (exact) mass is 281 g/mol. The van der Waals surface area contributed by atoms with Crippen molar-refractivity contribution in [2.45, 2.75) is 32.7 Å². The molecule has 0 aliphatic heterocycles. The number of methoxy groups -OCH3 is 1. The number of anilines is 1. The third-order valence-corrected chi connectivity index (χ3v) is 4.59. The van der Waals surface area contributed by atoms with Crippen molar-refractivity contribution in [2.75, 3.05) is 12.4 Å². The number of hydrogen-bond acceptors (Lipinski definition) is 2. The molecular formula is C19H23NO. The van der Waals surface area contributed by atoms with Crippen molar-refractivity contribution >= 4 is 5.69 Å². The molecule has 1 N–H and O–H groups in total. The number of hydrogen-bond donors (Lipinski definition) is 1. The van der Waals surface area contributed by atoms with Crippen LogP contribution in [0.4, 0.5) is 5.69 Å². The fourth-order valence-electron chi connectivity index (χ4n) is 3.19. The Bertz CT molecular complexity index is 616. The first kappa shape index (κ1) is 14.0. The quantitative estimate of drug-likeness (QED) is 0.870. The molecule has 1 unspecified atom stereocenters. The predicted molar refractivity (Wildman–Crippen MR) is 87.9 cm³/mol. The van der Waals surface area contributed by atoms with Crippen molar-refractivity contribution in [2.24, 2.45) is 5.41 Å². The maximum atomic E-state index is 5.23. The van der Waals surface area contributed by atoms with E-state index in [9.17, 15) is 0 Å². The zero-order chi connectivity index (χ0) is 14.9. The molecule has 0 spiro atoms. The second kappa shape index (κ2) is 5.44. The van der Waals surface area contributed by atoms with Gasteiger partial charge in [0.25, 0.3) is 0 Å². The zero-order valence-electron chi connectivity index (χ0n) is 13.0. The normalized spacial score (nSPS) is 19.7. The number of ether oxygens (including phenoxy) is 1. The minimum absolute atomic E-state index is 0.244. The summed E-state index contributed by atoms with van der Waals surface area (Å²) in [6.45, 7) is 4.70. The lowest BCUT2D eigenvalue weighted by Gasteiger charge is -2.41. The van der Waals surface area contributed by atoms with Crippen LogP contribution in [0.1, 0.15) is 37.4 Å². The Morgan fingerprint density at radius 1 is 1.05 bits per heavy atom. The van der Waals surface area contributed by atoms with Crippen LogP contribution in [0, 0.1) is 5.41 Å². The number of benzene rings is 2. The Labute approximate surface area is 127 Å². The second-order valence-corrected chi connectivity index (χ2v) is 6.49. The second-order valence-electron chi connectivity index (χ2n) is 6.49. The van der Waals surface area contributed by atoms with Crippen LogP contribution in [0.3, 0.4) is 0 Å². The molecule has 0 fully saturated rings. The van der Waals surface area contributed by atoms with Crippen molar-refractivity contribution in [3.05, 3.63) is 59.7 Å². The van der Waals surface area contributed by atoms with E-state index in [4.69, 9.17) is 4.74 Å². The molecule has 0 aromatic heterocycles. The summed E-state index contributed by atoms with van der Waals surface area (Å²) >= 11 is 0. The molecule has 0 saturated heterocycles. The molecule has 110 valence electrons. The maximum absolute atomic E-state index is 5.23. The molecule has 0 radical (unpaired) electrons. The van der Waals surface area contributed by atoms with Crippen molar-refractivity contribution in [3.8, 4) is 5.75 Å². The molecule has 1 atom stereocenters. The van der Waals surface area contributed by atoms with Gasteiger partial charge in [0, 0.05) is 5.69 Å². The SMILES string of the molecule is COc1ccc(NC2c3ccccc3CCC2(C)C)cc1. The number of nitrogens with one attached hydrogen (secondary N) is 1. The number of rotatable bonds is 3. The third-order valence-electron chi connectivity index (χ3n) is 4.59. The topological polar surface area (TPSA) is 21.3 Å². The average Bonchev–Trinajstić information content (AvgIpc) is 2.51. The van der Waals surface area contributed by atoms with E-state index in [1.807, 2.05) is 12.1 Å². The van der Waals surface area contributed by atoms with Crippen molar-refractivity contribution < 1.29 is 4.74 Å². The molecule has 2 heteroatoms. The summed E-state index contributed by atoms with van der Waals surface area (Å²) in [6.07, 6.45) is 2.38. The van der Waals surface area contributed by atoms with E-state index in [-0.39, 0.29) is 5.41 Å². The highest BCUT2D eigenvalue weighted by Gasteiger charge is 2.35. The van der Waals surface area contributed by atoms with Crippen LogP contribution in [0.2, 0.25) is 0 Å². The van der Waals surface area contributed by atoms with Crippen molar-refractivity contribution in [3.63, 3.8) is 0 Å². The van der Waals surface area contributed by atoms with Gasteiger partial charge in [0.2, 0.25) is 0 Å². The lowest BCUT2D eigenvalue weighted by atomic mass is 9.70. The Hall–Kier alpha value is -1.96. The molecule has 0 amide bonds. The van der Waals surface area contributed by atoms with E-state index < -0.39 is 0 Å². The van der Waals surface area contributed by atoms with Gasteiger partial charge in [-0.3, -0.25) is 0 Å². The molecule has 2 aromatic carbocycles. The van der Waals surface area contributed by atoms with Gasteiger partial charge >= 0.3 is 0 Å². The summed E-state index contributed by atoms with van der Waals surface area (Å²) in [6, 6.07) is 17.3. The smallest absolute Gasteiger partial charge is 0.119 e. The molecule has 3 rings (SSSR count). The molecular weight excluding hydrogens is 258 g/mol. The maximum Gasteiger partial charge on any atom is 0.119 e. The van der Waals surface area contributed by atoms with Gasteiger partial charge in [0.05, 0.1) is 13.2 Å². The molecule has 0 heterocycles. The molecule has 0 saturated carbocycles. The summed E-state index contributed by atoms with van der Waals surface area (Å²) in [5, 5.41) is 3.72. The predicted octanol–water partition coefficient (Wildman–Crippen LogP) is 4.82. The van der Waals surface area contributed by atoms with Crippen LogP contribution in [0.25, 0.3) is 0 Å². The summed E-state index contributed by atoms with van der Waals surface area (Å²) < 4.78 is 5.23. The van der Waals surface area contributed by atoms with Crippen LogP contribution in [-0.2, 0) is 6.42 Å². The summed E-state index contributed by atoms with van der Waals surface area (Å²) in [5.74, 6) is 0.892. The zero-order valence-corrected chi connectivity index (χ0v) is 13.0. The summed E-state index contributed by atoms with van der Waals surface area (Å²) in [5.41, 5.74) is 4.30. The van der Waals surface area contributed by atoms with E-state index in [1.165, 1.54) is 24.0 Å². The first-order chi connectivity index (χ1) is 10.1. The Kier molecular flexibility index (Phi) is 3.62. The first-order valence-electron chi connectivity index (χ1n) is 7.58. The van der Waals surface area contributed by atoms with Crippen molar-refractivity contribution in [1.82, 2.24) is 0 Å². The highest BCUT2D eigenvalue weighted by atomic mass is 16.5. The fourth-order valence-corrected chi connectivity index (χ4v) is 3.19. The van der Waals surface area contributed by atoms with E-state index in [2.05, 4.69) is 55.6 Å². The van der Waals surface area contributed by atoms with E-state index >= 15 is 0 Å². The van der Waals surface area contributed by atoms with Gasteiger partial charge in [0.15, 0.2) is 0 Å². The van der Waals surface area contributed by atoms with Gasteiger partial charge in [-0.25, -0.2) is 0 Å². The van der Waals surface area contributed by atoms with Gasteiger partial charge in [0.1, 0.15) is 5.75 Å². The Morgan fingerprint density at radius 3 is 2.48 bits per heavy atom. The fraction of sp³-hybridized carbons (Fsp3) is 0.368. The lowest BCUT2D eigenvalue weighted by molar-refractivity contribution is 0.265. The third kappa shape index (κ3) is 2.76. The van der Waals surface area contributed by atoms with Crippen LogP contribution >= 0.6 is 0 Å². The minimum Gasteiger partial charge on any atom is -0.497 e. The van der Waals surface area contributed by atoms with Crippen LogP contribution < -0.4 is 10.1 Å². The van der Waals surface area contributed by atoms with Gasteiger partial charge in [-0.2, -0.15) is 0 Å². The van der Waals surface area contributed by atoms with Gasteiger partial charge in [-0.05, 0) is 53.6 Å². The highest BCUT2D eigenvalue weighted by molar-refractivity contribution is 5.50. The van der Waals surface area contributed by atoms with Crippen LogP contribution in [0.15, 0.2) is 48.5 Å². The van der Waals surface area contributed by atoms with Gasteiger partial charge in [-0.15, -0.1) is 0 Å². The first-order valence-corrected chi connectivity index (χ1v) is 7.58. The van der Waals surface area contributed by atoms with E-state index in [1.54, 1.807) is 7.11 Å². The number of aryl methyl sites for hydroxylation is 1. The van der Waals surface area contributed by atoms with E-state index in [0.717, 1.165) is 11.4 Å². The summed E-state index contributed by atoms with van der Waals surface area (Å²) in [7, 11) is 1.70. The lowest BCUT2D eigenvalue weighted by Crippen LogP contribution is -2.33. The molecule has 1 aliphatic carbocycles. The average molecular weight is 281 g/mol. The van der Waals surface area contributed by atoms with Crippen molar-refractivity contribution in [1.29, 1.82) is 0 Å². The van der Waals surface area contributed by atoms with Crippen LogP contribution in [-0.4, -0.2) is 7.11 Å². The molecule has 0 bridgehead atoms. The standard InChI is InChI=1S/C19H23NO/c1-19(2)13-12-14-6-4-5-7-17(14)18(19)20-15-8-10-16(21-3)11-9-15/h4-11,18,20H,12-13H2,1-3H3. The minimum atomic E-state index is 0.244. The number of fused-ring (bicyclic) bond motifs is 1. The Balaban J connectivity index is 1.91. The van der Waals surface area contributed by atoms with E-state index in [0.29, 0.717) is 6.04 Å². The van der Waals surface area contributed by atoms with Crippen LogP contribution in [0.5, 0.6) is 5.75 Å². The van der Waals surface area contributed by atoms with Gasteiger partial charge in [-0.1, -0.05) is 38.1 Å². The largest absolute Gasteiger partial charge is 0.497 e. The summed E-state index contributed by atoms with van der Waals surface area (Å²) in [4.78, 5) is 0. The molecule has 2 nitrogen and oxygen atoms in total. The molecule has 21 heavy (non-hydrogen) atoms. The molecule has 2 aromatic rings. The Morgan fingerprint density at radius 2 is 1.76 bits per heavy atom.